The van der Waals surface area contributed by atoms with E-state index in [0.29, 0.717) is 12.0 Å². The van der Waals surface area contributed by atoms with Crippen molar-refractivity contribution >= 4 is 11.9 Å². The number of rotatable bonds is 6. The van der Waals surface area contributed by atoms with Crippen LogP contribution in [0.4, 0.5) is 4.79 Å². The van der Waals surface area contributed by atoms with Crippen molar-refractivity contribution in [1.29, 1.82) is 0 Å². The number of carbonyl (C=O) groups excluding carboxylic acids is 2. The molecule has 1 amide bonds. The molecule has 2 atom stereocenters. The van der Waals surface area contributed by atoms with E-state index in [9.17, 15) is 9.59 Å². The van der Waals surface area contributed by atoms with Crippen LogP contribution in [0.25, 0.3) is 0 Å². The van der Waals surface area contributed by atoms with Crippen LogP contribution in [0.15, 0.2) is 30.3 Å². The Balaban J connectivity index is 2.47. The van der Waals surface area contributed by atoms with Gasteiger partial charge in [-0.15, -0.1) is 0 Å². The first-order valence-electron chi connectivity index (χ1n) is 6.02. The number of Topliss-reactive ketones (excluding diaryl/α,β-unsaturated/α-hetero) is 1. The monoisotopic (exact) mass is 249 g/mol. The van der Waals surface area contributed by atoms with Gasteiger partial charge in [-0.25, -0.2) is 4.79 Å². The first-order valence-corrected chi connectivity index (χ1v) is 6.02. The predicted molar refractivity (Wildman–Crippen MR) is 69.3 cm³/mol. The zero-order chi connectivity index (χ0) is 13.5. The second-order valence-corrected chi connectivity index (χ2v) is 4.60. The van der Waals surface area contributed by atoms with Gasteiger partial charge in [-0.1, -0.05) is 44.2 Å². The molecular formula is C14H19NO3. The fraction of sp³-hybridized carbons (Fsp3) is 0.429. The molecule has 4 heteroatoms. The van der Waals surface area contributed by atoms with Crippen LogP contribution in [-0.2, 0) is 4.74 Å². The molecule has 1 aromatic rings. The van der Waals surface area contributed by atoms with Gasteiger partial charge in [-0.3, -0.25) is 4.79 Å². The average molecular weight is 249 g/mol. The summed E-state index contributed by atoms with van der Waals surface area (Å²) in [6.07, 6.45) is -0.107. The Labute approximate surface area is 107 Å². The minimum atomic E-state index is -0.774. The molecule has 18 heavy (non-hydrogen) atoms. The molecule has 0 aliphatic heterocycles. The SMILES string of the molecule is CC(COC(N)=O)CC(C)C(=O)c1ccccc1. The number of hydrogen-bond acceptors (Lipinski definition) is 3. The Morgan fingerprint density at radius 1 is 1.22 bits per heavy atom. The fourth-order valence-electron chi connectivity index (χ4n) is 1.89. The number of ether oxygens (including phenoxy) is 1. The van der Waals surface area contributed by atoms with Crippen molar-refractivity contribution in [1.82, 2.24) is 0 Å². The first kappa shape index (κ1) is 14.2. The van der Waals surface area contributed by atoms with E-state index in [4.69, 9.17) is 10.5 Å². The number of benzene rings is 1. The fourth-order valence-corrected chi connectivity index (χ4v) is 1.89. The van der Waals surface area contributed by atoms with Crippen molar-refractivity contribution < 1.29 is 14.3 Å². The molecule has 1 rings (SSSR count). The van der Waals surface area contributed by atoms with Crippen LogP contribution >= 0.6 is 0 Å². The number of carbonyl (C=O) groups is 2. The van der Waals surface area contributed by atoms with E-state index in [-0.39, 0.29) is 24.2 Å². The third-order valence-electron chi connectivity index (χ3n) is 2.77. The van der Waals surface area contributed by atoms with Crippen LogP contribution in [0.5, 0.6) is 0 Å². The Kier molecular flexibility index (Phi) is 5.36. The van der Waals surface area contributed by atoms with E-state index in [2.05, 4.69) is 0 Å². The summed E-state index contributed by atoms with van der Waals surface area (Å²) in [5, 5.41) is 0. The molecule has 0 aliphatic carbocycles. The minimum Gasteiger partial charge on any atom is -0.449 e. The molecule has 2 N–H and O–H groups in total. The van der Waals surface area contributed by atoms with E-state index in [0.717, 1.165) is 0 Å². The molecule has 0 aliphatic rings. The van der Waals surface area contributed by atoms with Crippen molar-refractivity contribution in [3.05, 3.63) is 35.9 Å². The van der Waals surface area contributed by atoms with Crippen LogP contribution < -0.4 is 5.73 Å². The highest BCUT2D eigenvalue weighted by Crippen LogP contribution is 2.17. The molecule has 0 aromatic heterocycles. The smallest absolute Gasteiger partial charge is 0.404 e. The lowest BCUT2D eigenvalue weighted by atomic mass is 9.91. The van der Waals surface area contributed by atoms with E-state index in [1.54, 1.807) is 0 Å². The van der Waals surface area contributed by atoms with Gasteiger partial charge in [0.2, 0.25) is 0 Å². The second-order valence-electron chi connectivity index (χ2n) is 4.60. The molecule has 0 bridgehead atoms. The van der Waals surface area contributed by atoms with Gasteiger partial charge in [0.15, 0.2) is 5.78 Å². The molecule has 0 spiro atoms. The summed E-state index contributed by atoms with van der Waals surface area (Å²) < 4.78 is 4.72. The number of ketones is 1. The molecule has 2 unspecified atom stereocenters. The maximum Gasteiger partial charge on any atom is 0.404 e. The summed E-state index contributed by atoms with van der Waals surface area (Å²) in [7, 11) is 0. The summed E-state index contributed by atoms with van der Waals surface area (Å²) in [5.41, 5.74) is 5.61. The largest absolute Gasteiger partial charge is 0.449 e. The molecule has 0 heterocycles. The van der Waals surface area contributed by atoms with E-state index >= 15 is 0 Å². The zero-order valence-electron chi connectivity index (χ0n) is 10.8. The molecule has 0 fully saturated rings. The standard InChI is InChI=1S/C14H19NO3/c1-10(9-18-14(15)17)8-11(2)13(16)12-6-4-3-5-7-12/h3-7,10-11H,8-9H2,1-2H3,(H2,15,17). The molecule has 0 saturated heterocycles. The maximum atomic E-state index is 12.1. The van der Waals surface area contributed by atoms with E-state index in [1.165, 1.54) is 0 Å². The number of primary amides is 1. The Bertz CT molecular complexity index is 403. The summed E-state index contributed by atoms with van der Waals surface area (Å²) in [6, 6.07) is 9.19. The van der Waals surface area contributed by atoms with Crippen LogP contribution in [0.3, 0.4) is 0 Å². The molecule has 4 nitrogen and oxygen atoms in total. The zero-order valence-corrected chi connectivity index (χ0v) is 10.8. The van der Waals surface area contributed by atoms with Crippen molar-refractivity contribution in [2.24, 2.45) is 17.6 Å². The highest BCUT2D eigenvalue weighted by molar-refractivity contribution is 5.97. The molecule has 1 aromatic carbocycles. The lowest BCUT2D eigenvalue weighted by Crippen LogP contribution is -2.21. The summed E-state index contributed by atoms with van der Waals surface area (Å²) in [6.45, 7) is 4.07. The van der Waals surface area contributed by atoms with Crippen LogP contribution in [0, 0.1) is 11.8 Å². The number of nitrogens with two attached hydrogens (primary N) is 1. The predicted octanol–water partition coefficient (Wildman–Crippen LogP) is 2.63. The summed E-state index contributed by atoms with van der Waals surface area (Å²) in [4.78, 5) is 22.6. The van der Waals surface area contributed by atoms with Gasteiger partial charge in [0.05, 0.1) is 6.61 Å². The van der Waals surface area contributed by atoms with Crippen molar-refractivity contribution in [2.75, 3.05) is 6.61 Å². The second kappa shape index (κ2) is 6.79. The van der Waals surface area contributed by atoms with E-state index in [1.807, 2.05) is 44.2 Å². The van der Waals surface area contributed by atoms with Crippen LogP contribution in [-0.4, -0.2) is 18.5 Å². The normalized spacial score (nSPS) is 13.7. The quantitative estimate of drug-likeness (QED) is 0.788. The third-order valence-corrected chi connectivity index (χ3v) is 2.77. The lowest BCUT2D eigenvalue weighted by molar-refractivity contribution is 0.0894. The van der Waals surface area contributed by atoms with Gasteiger partial charge in [0, 0.05) is 11.5 Å². The first-order chi connectivity index (χ1) is 8.50. The maximum absolute atomic E-state index is 12.1. The van der Waals surface area contributed by atoms with Gasteiger partial charge in [-0.2, -0.15) is 0 Å². The number of hydrogen-bond donors (Lipinski definition) is 1. The Morgan fingerprint density at radius 3 is 2.39 bits per heavy atom. The van der Waals surface area contributed by atoms with Crippen molar-refractivity contribution in [3.8, 4) is 0 Å². The average Bonchev–Trinajstić information content (AvgIpc) is 2.36. The van der Waals surface area contributed by atoms with Gasteiger partial charge in [0.25, 0.3) is 0 Å². The highest BCUT2D eigenvalue weighted by Gasteiger charge is 2.18. The summed E-state index contributed by atoms with van der Waals surface area (Å²) >= 11 is 0. The molecule has 98 valence electrons. The molecule has 0 radical (unpaired) electrons. The van der Waals surface area contributed by atoms with Crippen molar-refractivity contribution in [3.63, 3.8) is 0 Å². The molecule has 0 saturated carbocycles. The van der Waals surface area contributed by atoms with Crippen LogP contribution in [0.1, 0.15) is 30.6 Å². The van der Waals surface area contributed by atoms with Gasteiger partial charge in [-0.05, 0) is 12.3 Å². The summed E-state index contributed by atoms with van der Waals surface area (Å²) in [5.74, 6) is 0.126. The van der Waals surface area contributed by atoms with Gasteiger partial charge >= 0.3 is 6.09 Å². The highest BCUT2D eigenvalue weighted by atomic mass is 16.5. The minimum absolute atomic E-state index is 0.0983. The number of amides is 1. The van der Waals surface area contributed by atoms with Crippen LogP contribution in [0.2, 0.25) is 0 Å². The Morgan fingerprint density at radius 2 is 1.83 bits per heavy atom. The topological polar surface area (TPSA) is 69.4 Å². The lowest BCUT2D eigenvalue weighted by Gasteiger charge is -2.16. The van der Waals surface area contributed by atoms with Gasteiger partial charge in [0.1, 0.15) is 0 Å². The molecular weight excluding hydrogens is 230 g/mol. The van der Waals surface area contributed by atoms with Crippen molar-refractivity contribution in [2.45, 2.75) is 20.3 Å². The van der Waals surface area contributed by atoms with E-state index < -0.39 is 6.09 Å². The third kappa shape index (κ3) is 4.57. The Hall–Kier alpha value is -1.84. The van der Waals surface area contributed by atoms with Gasteiger partial charge < -0.3 is 10.5 Å².